The van der Waals surface area contributed by atoms with Gasteiger partial charge in [-0.1, -0.05) is 54.6 Å². The van der Waals surface area contributed by atoms with Gasteiger partial charge in [0.2, 0.25) is 5.91 Å². The van der Waals surface area contributed by atoms with Crippen LogP contribution >= 0.6 is 0 Å². The van der Waals surface area contributed by atoms with E-state index in [1.54, 1.807) is 23.8 Å². The van der Waals surface area contributed by atoms with Crippen LogP contribution in [0.2, 0.25) is 0 Å². The number of hydrogen-bond donors (Lipinski definition) is 0. The van der Waals surface area contributed by atoms with Crippen LogP contribution < -0.4 is 4.90 Å². The third-order valence-electron chi connectivity index (χ3n) is 4.97. The molecule has 1 aliphatic heterocycles. The van der Waals surface area contributed by atoms with Gasteiger partial charge < -0.3 is 4.90 Å². The van der Waals surface area contributed by atoms with Gasteiger partial charge >= 0.3 is 0 Å². The molecule has 130 valence electrons. The quantitative estimate of drug-likeness (QED) is 0.721. The van der Waals surface area contributed by atoms with Crippen LogP contribution in [-0.4, -0.2) is 29.8 Å². The van der Waals surface area contributed by atoms with Crippen LogP contribution in [0.1, 0.15) is 22.8 Å². The van der Waals surface area contributed by atoms with Gasteiger partial charge in [0.05, 0.1) is 5.69 Å². The van der Waals surface area contributed by atoms with Crippen molar-refractivity contribution >= 4 is 28.3 Å². The van der Waals surface area contributed by atoms with Gasteiger partial charge in [0.25, 0.3) is 5.91 Å². The van der Waals surface area contributed by atoms with E-state index in [0.29, 0.717) is 12.1 Å². The summed E-state index contributed by atoms with van der Waals surface area (Å²) in [5.41, 5.74) is 2.55. The van der Waals surface area contributed by atoms with Crippen molar-refractivity contribution in [3.8, 4) is 0 Å². The van der Waals surface area contributed by atoms with Crippen molar-refractivity contribution in [2.45, 2.75) is 19.5 Å². The summed E-state index contributed by atoms with van der Waals surface area (Å²) in [6.07, 6.45) is 0. The zero-order valence-electron chi connectivity index (χ0n) is 14.8. The third-order valence-corrected chi connectivity index (χ3v) is 4.97. The molecule has 1 aliphatic rings. The molecular formula is C22H20N2O2. The number of hydrogen-bond acceptors (Lipinski definition) is 2. The number of nitrogens with zero attached hydrogens (tertiary/aromatic N) is 2. The number of carbonyl (C=O) groups excluding carboxylic acids is 2. The molecule has 0 saturated heterocycles. The smallest absolute Gasteiger partial charge is 0.259 e. The van der Waals surface area contributed by atoms with E-state index in [2.05, 4.69) is 0 Å². The molecule has 0 bridgehead atoms. The second-order valence-electron chi connectivity index (χ2n) is 6.71. The first-order valence-corrected chi connectivity index (χ1v) is 8.72. The van der Waals surface area contributed by atoms with Crippen LogP contribution in [-0.2, 0) is 11.3 Å². The number of amides is 2. The predicted molar refractivity (Wildman–Crippen MR) is 103 cm³/mol. The second-order valence-corrected chi connectivity index (χ2v) is 6.71. The van der Waals surface area contributed by atoms with E-state index in [9.17, 15) is 9.59 Å². The Bertz CT molecular complexity index is 992. The SMILES string of the molecule is C[C@H](C(=O)N(C)Cc1ccccc1)N1C(=O)c2cccc3cccc1c23. The van der Waals surface area contributed by atoms with E-state index in [-0.39, 0.29) is 11.8 Å². The van der Waals surface area contributed by atoms with Crippen LogP contribution in [0.5, 0.6) is 0 Å². The molecule has 4 nitrogen and oxygen atoms in total. The molecular weight excluding hydrogens is 324 g/mol. The molecule has 0 radical (unpaired) electrons. The average Bonchev–Trinajstić information content (AvgIpc) is 2.95. The highest BCUT2D eigenvalue weighted by molar-refractivity contribution is 6.26. The van der Waals surface area contributed by atoms with Crippen molar-refractivity contribution < 1.29 is 9.59 Å². The Morgan fingerprint density at radius 1 is 1.00 bits per heavy atom. The Balaban J connectivity index is 1.63. The molecule has 0 fully saturated rings. The molecule has 1 heterocycles. The summed E-state index contributed by atoms with van der Waals surface area (Å²) in [7, 11) is 1.78. The minimum absolute atomic E-state index is 0.0768. The van der Waals surface area contributed by atoms with E-state index in [0.717, 1.165) is 22.0 Å². The molecule has 4 rings (SSSR count). The van der Waals surface area contributed by atoms with Crippen molar-refractivity contribution in [1.29, 1.82) is 0 Å². The molecule has 3 aromatic rings. The number of carbonyl (C=O) groups is 2. The minimum atomic E-state index is -0.561. The zero-order valence-corrected chi connectivity index (χ0v) is 14.8. The lowest BCUT2D eigenvalue weighted by Crippen LogP contribution is -2.47. The molecule has 2 amide bonds. The minimum Gasteiger partial charge on any atom is -0.340 e. The molecule has 3 aromatic carbocycles. The summed E-state index contributed by atoms with van der Waals surface area (Å²) in [6, 6.07) is 20.8. The highest BCUT2D eigenvalue weighted by atomic mass is 16.2. The molecule has 26 heavy (non-hydrogen) atoms. The van der Waals surface area contributed by atoms with Crippen molar-refractivity contribution in [2.75, 3.05) is 11.9 Å². The summed E-state index contributed by atoms with van der Waals surface area (Å²) < 4.78 is 0. The average molecular weight is 344 g/mol. The van der Waals surface area contributed by atoms with Gasteiger partial charge in [-0.25, -0.2) is 0 Å². The zero-order chi connectivity index (χ0) is 18.3. The Labute approximate surface area is 152 Å². The Hall–Kier alpha value is -3.14. The van der Waals surface area contributed by atoms with E-state index >= 15 is 0 Å². The summed E-state index contributed by atoms with van der Waals surface area (Å²) in [4.78, 5) is 29.2. The Morgan fingerprint density at radius 2 is 1.69 bits per heavy atom. The molecule has 0 N–H and O–H groups in total. The van der Waals surface area contributed by atoms with E-state index in [4.69, 9.17) is 0 Å². The predicted octanol–water partition coefficient (Wildman–Crippen LogP) is 3.85. The molecule has 0 aromatic heterocycles. The van der Waals surface area contributed by atoms with E-state index in [1.807, 2.05) is 66.7 Å². The van der Waals surface area contributed by atoms with E-state index < -0.39 is 6.04 Å². The number of rotatable bonds is 4. The molecule has 0 saturated carbocycles. The van der Waals surface area contributed by atoms with Crippen molar-refractivity contribution in [2.24, 2.45) is 0 Å². The summed E-state index contributed by atoms with van der Waals surface area (Å²) >= 11 is 0. The van der Waals surface area contributed by atoms with Crippen molar-refractivity contribution in [1.82, 2.24) is 4.90 Å². The Morgan fingerprint density at radius 3 is 2.42 bits per heavy atom. The molecule has 1 atom stereocenters. The first-order valence-electron chi connectivity index (χ1n) is 8.72. The highest BCUT2D eigenvalue weighted by Crippen LogP contribution is 2.38. The van der Waals surface area contributed by atoms with Gasteiger partial charge in [-0.2, -0.15) is 0 Å². The van der Waals surface area contributed by atoms with Gasteiger partial charge in [0.15, 0.2) is 0 Å². The molecule has 0 aliphatic carbocycles. The molecule has 0 spiro atoms. The second kappa shape index (κ2) is 6.30. The lowest BCUT2D eigenvalue weighted by Gasteiger charge is -2.28. The highest BCUT2D eigenvalue weighted by Gasteiger charge is 2.36. The number of anilines is 1. The molecule has 0 unspecified atom stereocenters. The first kappa shape index (κ1) is 16.3. The lowest BCUT2D eigenvalue weighted by molar-refractivity contribution is -0.131. The van der Waals surface area contributed by atoms with Gasteiger partial charge in [-0.3, -0.25) is 14.5 Å². The number of benzene rings is 3. The van der Waals surface area contributed by atoms with Gasteiger partial charge in [-0.05, 0) is 30.0 Å². The maximum Gasteiger partial charge on any atom is 0.259 e. The first-order chi connectivity index (χ1) is 12.6. The van der Waals surface area contributed by atoms with Gasteiger partial charge in [0.1, 0.15) is 6.04 Å². The van der Waals surface area contributed by atoms with E-state index in [1.165, 1.54) is 0 Å². The third kappa shape index (κ3) is 2.54. The maximum absolute atomic E-state index is 13.0. The van der Waals surface area contributed by atoms with Gasteiger partial charge in [-0.15, -0.1) is 0 Å². The van der Waals surface area contributed by atoms with Gasteiger partial charge in [0, 0.05) is 24.5 Å². The van der Waals surface area contributed by atoms with Crippen LogP contribution in [0.3, 0.4) is 0 Å². The fourth-order valence-corrected chi connectivity index (χ4v) is 3.69. The van der Waals surface area contributed by atoms with Crippen molar-refractivity contribution in [3.63, 3.8) is 0 Å². The maximum atomic E-state index is 13.0. The number of likely N-dealkylation sites (N-methyl/N-ethyl adjacent to an activating group) is 1. The fourth-order valence-electron chi connectivity index (χ4n) is 3.69. The Kier molecular flexibility index (Phi) is 3.96. The normalized spacial score (nSPS) is 13.9. The topological polar surface area (TPSA) is 40.6 Å². The largest absolute Gasteiger partial charge is 0.340 e. The molecule has 4 heteroatoms. The standard InChI is InChI=1S/C22H20N2O2/c1-15(21(25)23(2)14-16-8-4-3-5-9-16)24-19-13-7-11-17-10-6-12-18(20(17)19)22(24)26/h3-13,15H,14H2,1-2H3/t15-/m1/s1. The summed E-state index contributed by atoms with van der Waals surface area (Å²) in [5.74, 6) is -0.183. The van der Waals surface area contributed by atoms with Crippen LogP contribution in [0.4, 0.5) is 5.69 Å². The van der Waals surface area contributed by atoms with Crippen LogP contribution in [0.15, 0.2) is 66.7 Å². The summed E-state index contributed by atoms with van der Waals surface area (Å²) in [5, 5.41) is 1.96. The van der Waals surface area contributed by atoms with Crippen LogP contribution in [0, 0.1) is 0 Å². The fraction of sp³-hybridized carbons (Fsp3) is 0.182. The van der Waals surface area contributed by atoms with Crippen LogP contribution in [0.25, 0.3) is 10.8 Å². The lowest BCUT2D eigenvalue weighted by atomic mass is 10.1. The van der Waals surface area contributed by atoms with Crippen molar-refractivity contribution in [3.05, 3.63) is 77.9 Å². The monoisotopic (exact) mass is 344 g/mol. The summed E-state index contributed by atoms with van der Waals surface area (Å²) in [6.45, 7) is 2.32.